The van der Waals surface area contributed by atoms with Crippen molar-refractivity contribution in [3.8, 4) is 11.8 Å². The summed E-state index contributed by atoms with van der Waals surface area (Å²) < 4.78 is 10.3. The number of methoxy groups -OCH3 is 1. The Bertz CT molecular complexity index is 1460. The van der Waals surface area contributed by atoms with Crippen molar-refractivity contribution in [1.29, 1.82) is 0 Å². The maximum absolute atomic E-state index is 12.6. The Labute approximate surface area is 183 Å². The number of rotatable bonds is 3. The number of esters is 1. The van der Waals surface area contributed by atoms with E-state index in [1.54, 1.807) is 72.8 Å². The first-order valence-electron chi connectivity index (χ1n) is 9.68. The fourth-order valence-corrected chi connectivity index (χ4v) is 3.07. The second kappa shape index (κ2) is 9.02. The first kappa shape index (κ1) is 20.6. The number of benzene rings is 3. The van der Waals surface area contributed by atoms with Gasteiger partial charge in [0.15, 0.2) is 11.2 Å². The topological polar surface area (TPSA) is 85.6 Å². The highest BCUT2D eigenvalue weighted by Gasteiger charge is 2.12. The molecule has 0 aliphatic heterocycles. The molecule has 156 valence electrons. The van der Waals surface area contributed by atoms with Crippen LogP contribution < -0.4 is 10.7 Å². The van der Waals surface area contributed by atoms with E-state index in [1.807, 2.05) is 0 Å². The lowest BCUT2D eigenvalue weighted by Crippen LogP contribution is -2.15. The van der Waals surface area contributed by atoms with E-state index >= 15 is 0 Å². The van der Waals surface area contributed by atoms with E-state index in [0.29, 0.717) is 33.3 Å². The third kappa shape index (κ3) is 4.58. The van der Waals surface area contributed by atoms with E-state index in [-0.39, 0.29) is 11.2 Å². The van der Waals surface area contributed by atoms with Crippen molar-refractivity contribution in [2.75, 3.05) is 12.4 Å². The number of amides is 1. The summed E-state index contributed by atoms with van der Waals surface area (Å²) in [5, 5.41) is 3.13. The molecule has 4 rings (SSSR count). The third-order valence-electron chi connectivity index (χ3n) is 4.61. The van der Waals surface area contributed by atoms with Crippen LogP contribution in [0.2, 0.25) is 0 Å². The molecule has 4 aromatic rings. The van der Waals surface area contributed by atoms with Crippen molar-refractivity contribution < 1.29 is 18.7 Å². The van der Waals surface area contributed by atoms with E-state index in [9.17, 15) is 14.4 Å². The molecule has 6 nitrogen and oxygen atoms in total. The number of hydrogen-bond acceptors (Lipinski definition) is 5. The van der Waals surface area contributed by atoms with Crippen LogP contribution in [-0.2, 0) is 4.74 Å². The standard InChI is InChI=1S/C26H17NO5/c1-31-26(30)19-8-4-6-17(14-19)12-13-18-7-5-9-20(15-18)27-25(29)24-16-22(28)21-10-2-3-11-23(21)32-24/h2-11,14-16H,1H3,(H,27,29). The fourth-order valence-electron chi connectivity index (χ4n) is 3.07. The molecule has 0 spiro atoms. The normalized spacial score (nSPS) is 10.2. The first-order valence-corrected chi connectivity index (χ1v) is 9.68. The summed E-state index contributed by atoms with van der Waals surface area (Å²) in [6, 6.07) is 21.7. The highest BCUT2D eigenvalue weighted by atomic mass is 16.5. The van der Waals surface area contributed by atoms with E-state index in [2.05, 4.69) is 17.2 Å². The van der Waals surface area contributed by atoms with Crippen LogP contribution in [0.4, 0.5) is 5.69 Å². The van der Waals surface area contributed by atoms with E-state index in [4.69, 9.17) is 9.15 Å². The van der Waals surface area contributed by atoms with E-state index < -0.39 is 11.9 Å². The summed E-state index contributed by atoms with van der Waals surface area (Å²) >= 11 is 0. The smallest absolute Gasteiger partial charge is 0.337 e. The van der Waals surface area contributed by atoms with Crippen LogP contribution in [0.5, 0.6) is 0 Å². The monoisotopic (exact) mass is 423 g/mol. The predicted molar refractivity (Wildman–Crippen MR) is 121 cm³/mol. The average Bonchev–Trinajstić information content (AvgIpc) is 2.82. The second-order valence-electron chi connectivity index (χ2n) is 6.83. The van der Waals surface area contributed by atoms with Crippen LogP contribution in [0.15, 0.2) is 88.1 Å². The molecule has 6 heteroatoms. The van der Waals surface area contributed by atoms with Crippen molar-refractivity contribution in [1.82, 2.24) is 0 Å². The van der Waals surface area contributed by atoms with Gasteiger partial charge >= 0.3 is 5.97 Å². The Kier molecular flexibility index (Phi) is 5.82. The Morgan fingerprint density at radius 3 is 2.38 bits per heavy atom. The van der Waals surface area contributed by atoms with Gasteiger partial charge in [-0.15, -0.1) is 0 Å². The zero-order valence-corrected chi connectivity index (χ0v) is 17.0. The Morgan fingerprint density at radius 1 is 0.875 bits per heavy atom. The molecule has 0 atom stereocenters. The number of fused-ring (bicyclic) bond motifs is 1. The lowest BCUT2D eigenvalue weighted by atomic mass is 10.1. The van der Waals surface area contributed by atoms with Crippen LogP contribution in [0.25, 0.3) is 11.0 Å². The van der Waals surface area contributed by atoms with Crippen LogP contribution in [0.3, 0.4) is 0 Å². The quantitative estimate of drug-likeness (QED) is 0.394. The predicted octanol–water partition coefficient (Wildman–Crippen LogP) is 4.23. The van der Waals surface area contributed by atoms with Crippen LogP contribution in [-0.4, -0.2) is 19.0 Å². The molecule has 1 aromatic heterocycles. The summed E-state index contributed by atoms with van der Waals surface area (Å²) in [6.07, 6.45) is 0. The number of carbonyl (C=O) groups is 2. The van der Waals surface area contributed by atoms with E-state index in [0.717, 1.165) is 0 Å². The summed E-state index contributed by atoms with van der Waals surface area (Å²) in [4.78, 5) is 36.5. The highest BCUT2D eigenvalue weighted by molar-refractivity contribution is 6.03. The van der Waals surface area contributed by atoms with Gasteiger partial charge in [0, 0.05) is 22.9 Å². The van der Waals surface area contributed by atoms with Gasteiger partial charge in [-0.3, -0.25) is 9.59 Å². The van der Waals surface area contributed by atoms with Gasteiger partial charge in [0.25, 0.3) is 5.91 Å². The average molecular weight is 423 g/mol. The third-order valence-corrected chi connectivity index (χ3v) is 4.61. The Hall–Kier alpha value is -4.63. The SMILES string of the molecule is COC(=O)c1cccc(C#Cc2cccc(NC(=O)c3cc(=O)c4ccccc4o3)c2)c1. The van der Waals surface area contributed by atoms with Crippen molar-refractivity contribution in [2.45, 2.75) is 0 Å². The molecule has 0 saturated carbocycles. The van der Waals surface area contributed by atoms with Gasteiger partial charge in [-0.2, -0.15) is 0 Å². The second-order valence-corrected chi connectivity index (χ2v) is 6.83. The molecular formula is C26H17NO5. The van der Waals surface area contributed by atoms with Crippen molar-refractivity contribution in [3.63, 3.8) is 0 Å². The largest absolute Gasteiger partial charge is 0.465 e. The summed E-state index contributed by atoms with van der Waals surface area (Å²) in [6.45, 7) is 0. The van der Waals surface area contributed by atoms with Gasteiger partial charge in [0.05, 0.1) is 18.1 Å². The van der Waals surface area contributed by atoms with Crippen molar-refractivity contribution >= 4 is 28.5 Å². The highest BCUT2D eigenvalue weighted by Crippen LogP contribution is 2.15. The molecular weight excluding hydrogens is 406 g/mol. The number of ether oxygens (including phenoxy) is 1. The van der Waals surface area contributed by atoms with Crippen LogP contribution >= 0.6 is 0 Å². The molecule has 0 saturated heterocycles. The minimum absolute atomic E-state index is 0.0789. The number of hydrogen-bond donors (Lipinski definition) is 1. The minimum atomic E-state index is -0.538. The number of para-hydroxylation sites is 1. The molecule has 1 amide bonds. The molecule has 0 fully saturated rings. The lowest BCUT2D eigenvalue weighted by molar-refractivity contribution is 0.0600. The van der Waals surface area contributed by atoms with Gasteiger partial charge in [-0.25, -0.2) is 4.79 Å². The molecule has 0 aliphatic carbocycles. The molecule has 32 heavy (non-hydrogen) atoms. The number of carbonyl (C=O) groups excluding carboxylic acids is 2. The number of anilines is 1. The van der Waals surface area contributed by atoms with Crippen molar-refractivity contribution in [2.24, 2.45) is 0 Å². The van der Waals surface area contributed by atoms with Gasteiger partial charge in [-0.1, -0.05) is 36.1 Å². The van der Waals surface area contributed by atoms with Gasteiger partial charge < -0.3 is 14.5 Å². The first-order chi connectivity index (χ1) is 15.5. The maximum atomic E-state index is 12.6. The molecule has 0 unspecified atom stereocenters. The van der Waals surface area contributed by atoms with Gasteiger partial charge in [0.2, 0.25) is 0 Å². The molecule has 0 bridgehead atoms. The summed E-state index contributed by atoms with van der Waals surface area (Å²) in [7, 11) is 1.32. The Morgan fingerprint density at radius 2 is 1.59 bits per heavy atom. The molecule has 0 radical (unpaired) electrons. The fraction of sp³-hybridized carbons (Fsp3) is 0.0385. The molecule has 1 N–H and O–H groups in total. The van der Waals surface area contributed by atoms with Gasteiger partial charge in [-0.05, 0) is 48.5 Å². The van der Waals surface area contributed by atoms with Crippen molar-refractivity contribution in [3.05, 3.63) is 112 Å². The summed E-state index contributed by atoms with van der Waals surface area (Å²) in [5.74, 6) is 4.95. The molecule has 3 aromatic carbocycles. The van der Waals surface area contributed by atoms with E-state index in [1.165, 1.54) is 13.2 Å². The van der Waals surface area contributed by atoms with Gasteiger partial charge in [0.1, 0.15) is 5.58 Å². The zero-order valence-electron chi connectivity index (χ0n) is 17.0. The molecule has 1 heterocycles. The molecule has 0 aliphatic rings. The number of nitrogens with one attached hydrogen (secondary N) is 1. The lowest BCUT2D eigenvalue weighted by Gasteiger charge is -2.06. The Balaban J connectivity index is 1.54. The van der Waals surface area contributed by atoms with Crippen LogP contribution in [0, 0.1) is 11.8 Å². The zero-order chi connectivity index (χ0) is 22.5. The maximum Gasteiger partial charge on any atom is 0.337 e. The van der Waals surface area contributed by atoms with Crippen LogP contribution in [0.1, 0.15) is 32.0 Å². The minimum Gasteiger partial charge on any atom is -0.465 e. The summed E-state index contributed by atoms with van der Waals surface area (Å²) in [5.41, 5.74) is 2.29.